The molecular weight excluding hydrogens is 248 g/mol. The summed E-state index contributed by atoms with van der Waals surface area (Å²) >= 11 is 0. The molecule has 0 aromatic heterocycles. The van der Waals surface area contributed by atoms with Crippen molar-refractivity contribution >= 4 is 16.7 Å². The van der Waals surface area contributed by atoms with E-state index in [1.165, 1.54) is 0 Å². The maximum absolute atomic E-state index is 12.1. The third-order valence-electron chi connectivity index (χ3n) is 2.80. The molecule has 0 fully saturated rings. The van der Waals surface area contributed by atoms with Crippen LogP contribution in [0.2, 0.25) is 0 Å². The Balaban J connectivity index is 4.25. The summed E-state index contributed by atoms with van der Waals surface area (Å²) in [6.07, 6.45) is 1.99. The SMILES string of the molecule is CCCNC(CC)C(C)S(=O)CC(=O)NC(C)C. The number of carbonyl (C=O) groups is 1. The van der Waals surface area contributed by atoms with Crippen molar-refractivity contribution < 1.29 is 9.00 Å². The zero-order valence-corrected chi connectivity index (χ0v) is 13.1. The Morgan fingerprint density at radius 3 is 2.28 bits per heavy atom. The molecule has 0 aliphatic carbocycles. The summed E-state index contributed by atoms with van der Waals surface area (Å²) in [6, 6.07) is 0.322. The Bertz CT molecular complexity index is 270. The zero-order valence-electron chi connectivity index (χ0n) is 12.3. The molecule has 5 heteroatoms. The fourth-order valence-electron chi connectivity index (χ4n) is 1.78. The predicted molar refractivity (Wildman–Crippen MR) is 78.1 cm³/mol. The van der Waals surface area contributed by atoms with Crippen molar-refractivity contribution in [2.24, 2.45) is 0 Å². The van der Waals surface area contributed by atoms with Crippen LogP contribution in [0, 0.1) is 0 Å². The molecule has 1 amide bonds. The van der Waals surface area contributed by atoms with E-state index in [0.717, 1.165) is 19.4 Å². The Morgan fingerprint density at radius 1 is 1.22 bits per heavy atom. The molecule has 18 heavy (non-hydrogen) atoms. The minimum Gasteiger partial charge on any atom is -0.353 e. The van der Waals surface area contributed by atoms with Gasteiger partial charge in [0.2, 0.25) is 5.91 Å². The van der Waals surface area contributed by atoms with Crippen LogP contribution in [0.1, 0.15) is 47.5 Å². The molecule has 0 rings (SSSR count). The van der Waals surface area contributed by atoms with Gasteiger partial charge in [0, 0.05) is 28.1 Å². The van der Waals surface area contributed by atoms with E-state index >= 15 is 0 Å². The fraction of sp³-hybridized carbons (Fsp3) is 0.923. The predicted octanol–water partition coefficient (Wildman–Crippen LogP) is 1.43. The molecule has 0 bridgehead atoms. The third kappa shape index (κ3) is 7.11. The van der Waals surface area contributed by atoms with Gasteiger partial charge in [0.25, 0.3) is 0 Å². The van der Waals surface area contributed by atoms with Crippen LogP contribution >= 0.6 is 0 Å². The molecule has 2 N–H and O–H groups in total. The summed E-state index contributed by atoms with van der Waals surface area (Å²) in [7, 11) is -1.12. The zero-order chi connectivity index (χ0) is 14.1. The van der Waals surface area contributed by atoms with Gasteiger partial charge in [0.05, 0.1) is 0 Å². The quantitative estimate of drug-likeness (QED) is 0.670. The highest BCUT2D eigenvalue weighted by Crippen LogP contribution is 2.07. The van der Waals surface area contributed by atoms with E-state index in [1.54, 1.807) is 0 Å². The van der Waals surface area contributed by atoms with Crippen molar-refractivity contribution in [3.8, 4) is 0 Å². The molecule has 3 unspecified atom stereocenters. The molecule has 4 nitrogen and oxygen atoms in total. The molecule has 0 spiro atoms. The highest BCUT2D eigenvalue weighted by Gasteiger charge is 2.22. The van der Waals surface area contributed by atoms with Crippen LogP contribution in [0.4, 0.5) is 0 Å². The van der Waals surface area contributed by atoms with E-state index in [9.17, 15) is 9.00 Å². The van der Waals surface area contributed by atoms with Gasteiger partial charge in [-0.15, -0.1) is 0 Å². The number of rotatable bonds is 9. The van der Waals surface area contributed by atoms with Crippen LogP contribution < -0.4 is 10.6 Å². The van der Waals surface area contributed by atoms with Crippen molar-refractivity contribution in [2.45, 2.75) is 64.8 Å². The van der Waals surface area contributed by atoms with Gasteiger partial charge in [-0.1, -0.05) is 13.8 Å². The van der Waals surface area contributed by atoms with E-state index in [4.69, 9.17) is 0 Å². The monoisotopic (exact) mass is 276 g/mol. The molecule has 0 aliphatic heterocycles. The van der Waals surface area contributed by atoms with Crippen molar-refractivity contribution in [3.05, 3.63) is 0 Å². The van der Waals surface area contributed by atoms with Gasteiger partial charge in [-0.2, -0.15) is 0 Å². The normalized spacial score (nSPS) is 16.3. The molecule has 0 heterocycles. The number of nitrogens with one attached hydrogen (secondary N) is 2. The number of hydrogen-bond donors (Lipinski definition) is 2. The third-order valence-corrected chi connectivity index (χ3v) is 4.51. The highest BCUT2D eigenvalue weighted by molar-refractivity contribution is 7.86. The summed E-state index contributed by atoms with van der Waals surface area (Å²) < 4.78 is 12.1. The van der Waals surface area contributed by atoms with Gasteiger partial charge in [-0.3, -0.25) is 9.00 Å². The van der Waals surface area contributed by atoms with Crippen molar-refractivity contribution in [1.82, 2.24) is 10.6 Å². The van der Waals surface area contributed by atoms with Crippen molar-refractivity contribution in [2.75, 3.05) is 12.3 Å². The number of carbonyl (C=O) groups excluding carboxylic acids is 1. The lowest BCUT2D eigenvalue weighted by Crippen LogP contribution is -2.43. The Labute approximate surface area is 114 Å². The van der Waals surface area contributed by atoms with Crippen LogP contribution in [-0.4, -0.2) is 39.7 Å². The molecule has 3 atom stereocenters. The summed E-state index contributed by atoms with van der Waals surface area (Å²) in [5.41, 5.74) is 0. The first-order valence-electron chi connectivity index (χ1n) is 6.82. The lowest BCUT2D eigenvalue weighted by molar-refractivity contribution is -0.119. The van der Waals surface area contributed by atoms with E-state index < -0.39 is 10.8 Å². The van der Waals surface area contributed by atoms with Crippen LogP contribution in [-0.2, 0) is 15.6 Å². The maximum Gasteiger partial charge on any atom is 0.232 e. The minimum atomic E-state index is -1.12. The largest absolute Gasteiger partial charge is 0.353 e. The maximum atomic E-state index is 12.1. The second-order valence-electron chi connectivity index (χ2n) is 4.92. The standard InChI is InChI=1S/C13H28N2O2S/c1-6-8-14-12(7-2)11(5)18(17)9-13(16)15-10(3)4/h10-12,14H,6-9H2,1-5H3,(H,15,16). The van der Waals surface area contributed by atoms with E-state index in [2.05, 4.69) is 24.5 Å². The van der Waals surface area contributed by atoms with Crippen molar-refractivity contribution in [1.29, 1.82) is 0 Å². The molecule has 0 aliphatic rings. The second-order valence-corrected chi connectivity index (χ2v) is 6.72. The van der Waals surface area contributed by atoms with Gasteiger partial charge in [-0.25, -0.2) is 0 Å². The summed E-state index contributed by atoms with van der Waals surface area (Å²) in [6.45, 7) is 10.9. The average molecular weight is 276 g/mol. The first-order valence-corrected chi connectivity index (χ1v) is 8.20. The lowest BCUT2D eigenvalue weighted by atomic mass is 10.1. The van der Waals surface area contributed by atoms with Crippen LogP contribution in [0.3, 0.4) is 0 Å². The smallest absolute Gasteiger partial charge is 0.232 e. The Kier molecular flexibility index (Phi) is 9.28. The van der Waals surface area contributed by atoms with Crippen LogP contribution in [0.25, 0.3) is 0 Å². The molecule has 0 aromatic rings. The van der Waals surface area contributed by atoms with Crippen LogP contribution in [0.5, 0.6) is 0 Å². The van der Waals surface area contributed by atoms with Gasteiger partial charge in [0.15, 0.2) is 0 Å². The Morgan fingerprint density at radius 2 is 1.83 bits per heavy atom. The van der Waals surface area contributed by atoms with Crippen LogP contribution in [0.15, 0.2) is 0 Å². The van der Waals surface area contributed by atoms with Gasteiger partial charge >= 0.3 is 0 Å². The molecule has 0 radical (unpaired) electrons. The molecule has 0 saturated heterocycles. The molecular formula is C13H28N2O2S. The van der Waals surface area contributed by atoms with Gasteiger partial charge < -0.3 is 10.6 Å². The first-order chi connectivity index (χ1) is 8.42. The Hall–Kier alpha value is -0.420. The topological polar surface area (TPSA) is 58.2 Å². The molecule has 108 valence electrons. The van der Waals surface area contributed by atoms with Gasteiger partial charge in [-0.05, 0) is 40.2 Å². The lowest BCUT2D eigenvalue weighted by Gasteiger charge is -2.23. The second kappa shape index (κ2) is 9.50. The number of hydrogen-bond acceptors (Lipinski definition) is 3. The van der Waals surface area contributed by atoms with E-state index in [1.807, 2.05) is 20.8 Å². The van der Waals surface area contributed by atoms with E-state index in [-0.39, 0.29) is 29.0 Å². The minimum absolute atomic E-state index is 0.000498. The fourth-order valence-corrected chi connectivity index (χ4v) is 3.04. The van der Waals surface area contributed by atoms with Gasteiger partial charge in [0.1, 0.15) is 5.75 Å². The number of amides is 1. The average Bonchev–Trinajstić information content (AvgIpc) is 2.28. The molecule has 0 saturated carbocycles. The summed E-state index contributed by atoms with van der Waals surface area (Å²) in [5, 5.41) is 6.16. The highest BCUT2D eigenvalue weighted by atomic mass is 32.2. The summed E-state index contributed by atoms with van der Waals surface area (Å²) in [4.78, 5) is 11.6. The molecule has 0 aromatic carbocycles. The summed E-state index contributed by atoms with van der Waals surface area (Å²) in [5.74, 6) is -0.0237. The first kappa shape index (κ1) is 17.6. The van der Waals surface area contributed by atoms with E-state index in [0.29, 0.717) is 0 Å². The van der Waals surface area contributed by atoms with Crippen molar-refractivity contribution in [3.63, 3.8) is 0 Å².